The molecule has 0 aliphatic rings. The highest BCUT2D eigenvalue weighted by atomic mass is 127. The Kier molecular flexibility index (Phi) is 9.16. The minimum atomic E-state index is 0. The van der Waals surface area contributed by atoms with E-state index in [1.807, 2.05) is 18.2 Å². The van der Waals surface area contributed by atoms with Crippen LogP contribution in [0.3, 0.4) is 0 Å². The number of benzene rings is 1. The number of rotatable bonds is 4. The zero-order valence-corrected chi connectivity index (χ0v) is 15.6. The number of nitrogens with zero attached hydrogens (tertiary/aromatic N) is 1. The van der Waals surface area contributed by atoms with Crippen LogP contribution in [0.4, 0.5) is 0 Å². The van der Waals surface area contributed by atoms with Gasteiger partial charge in [-0.15, -0.1) is 24.0 Å². The van der Waals surface area contributed by atoms with Gasteiger partial charge in [0.2, 0.25) is 0 Å². The van der Waals surface area contributed by atoms with Crippen molar-refractivity contribution < 1.29 is 4.74 Å². The van der Waals surface area contributed by atoms with E-state index in [0.29, 0.717) is 6.04 Å². The lowest BCUT2D eigenvalue weighted by Crippen LogP contribution is -2.40. The van der Waals surface area contributed by atoms with E-state index in [-0.39, 0.29) is 24.0 Å². The number of halogens is 2. The van der Waals surface area contributed by atoms with Crippen LogP contribution in [0, 0.1) is 0 Å². The van der Waals surface area contributed by atoms with E-state index in [9.17, 15) is 0 Å². The number of guanidine groups is 1. The summed E-state index contributed by atoms with van der Waals surface area (Å²) in [4.78, 5) is 4.16. The van der Waals surface area contributed by atoms with Gasteiger partial charge in [0, 0.05) is 19.6 Å². The largest absolute Gasteiger partial charge is 0.496 e. The molecule has 0 aromatic heterocycles. The van der Waals surface area contributed by atoms with E-state index >= 15 is 0 Å². The molecule has 1 aromatic rings. The summed E-state index contributed by atoms with van der Waals surface area (Å²) in [5, 5.41) is 6.50. The minimum Gasteiger partial charge on any atom is -0.496 e. The SMILES string of the molecule is CN=C(NCc1ccc(OC)c(Br)c1)NC(C)C.I. The van der Waals surface area contributed by atoms with E-state index in [0.717, 1.165) is 28.3 Å². The molecule has 0 aliphatic heterocycles. The third-order valence-corrected chi connectivity index (χ3v) is 2.94. The number of methoxy groups -OCH3 is 1. The van der Waals surface area contributed by atoms with Crippen LogP contribution in [0.2, 0.25) is 0 Å². The fourth-order valence-electron chi connectivity index (χ4n) is 1.47. The maximum atomic E-state index is 5.20. The molecule has 6 heteroatoms. The lowest BCUT2D eigenvalue weighted by molar-refractivity contribution is 0.412. The molecule has 0 aliphatic carbocycles. The molecule has 0 unspecified atom stereocenters. The van der Waals surface area contributed by atoms with E-state index in [1.54, 1.807) is 14.2 Å². The van der Waals surface area contributed by atoms with E-state index in [4.69, 9.17) is 4.74 Å². The molecule has 4 nitrogen and oxygen atoms in total. The zero-order chi connectivity index (χ0) is 13.5. The zero-order valence-electron chi connectivity index (χ0n) is 11.7. The molecule has 1 aromatic carbocycles. The fraction of sp³-hybridized carbons (Fsp3) is 0.462. The molecule has 0 amide bonds. The Morgan fingerprint density at radius 3 is 2.58 bits per heavy atom. The quantitative estimate of drug-likeness (QED) is 0.428. The van der Waals surface area contributed by atoms with E-state index in [1.165, 1.54) is 0 Å². The van der Waals surface area contributed by atoms with Gasteiger partial charge in [0.05, 0.1) is 11.6 Å². The Balaban J connectivity index is 0.00000324. The molecule has 0 spiro atoms. The Bertz CT molecular complexity index is 424. The summed E-state index contributed by atoms with van der Waals surface area (Å²) in [6, 6.07) is 6.37. The molecule has 0 saturated heterocycles. The molecule has 1 rings (SSSR count). The molecule has 0 radical (unpaired) electrons. The van der Waals surface area contributed by atoms with Crippen LogP contribution in [-0.2, 0) is 6.54 Å². The maximum Gasteiger partial charge on any atom is 0.191 e. The number of hydrogen-bond donors (Lipinski definition) is 2. The Morgan fingerprint density at radius 1 is 1.42 bits per heavy atom. The van der Waals surface area contributed by atoms with Crippen LogP contribution in [-0.4, -0.2) is 26.2 Å². The monoisotopic (exact) mass is 441 g/mol. The summed E-state index contributed by atoms with van der Waals surface area (Å²) in [7, 11) is 3.42. The minimum absolute atomic E-state index is 0. The van der Waals surface area contributed by atoms with Crippen molar-refractivity contribution in [3.05, 3.63) is 28.2 Å². The summed E-state index contributed by atoms with van der Waals surface area (Å²) in [5.41, 5.74) is 1.16. The highest BCUT2D eigenvalue weighted by Gasteiger charge is 2.03. The Hall–Kier alpha value is -0.500. The second-order valence-electron chi connectivity index (χ2n) is 4.19. The van der Waals surface area contributed by atoms with Crippen LogP contribution in [0.5, 0.6) is 5.75 Å². The van der Waals surface area contributed by atoms with Gasteiger partial charge in [-0.25, -0.2) is 0 Å². The van der Waals surface area contributed by atoms with Crippen LogP contribution in [0.15, 0.2) is 27.7 Å². The highest BCUT2D eigenvalue weighted by molar-refractivity contribution is 14.0. The second-order valence-corrected chi connectivity index (χ2v) is 5.05. The molecule has 0 fully saturated rings. The second kappa shape index (κ2) is 9.41. The summed E-state index contributed by atoms with van der Waals surface area (Å²) in [6.45, 7) is 4.88. The summed E-state index contributed by atoms with van der Waals surface area (Å²) >= 11 is 3.47. The van der Waals surface area contributed by atoms with Crippen molar-refractivity contribution in [3.63, 3.8) is 0 Å². The van der Waals surface area contributed by atoms with Gasteiger partial charge in [-0.1, -0.05) is 6.07 Å². The molecular weight excluding hydrogens is 421 g/mol. The topological polar surface area (TPSA) is 45.7 Å². The van der Waals surface area contributed by atoms with Gasteiger partial charge >= 0.3 is 0 Å². The summed E-state index contributed by atoms with van der Waals surface area (Å²) in [5.74, 6) is 1.64. The van der Waals surface area contributed by atoms with Gasteiger partial charge in [0.15, 0.2) is 5.96 Å². The highest BCUT2D eigenvalue weighted by Crippen LogP contribution is 2.25. The molecule has 0 bridgehead atoms. The molecule has 0 saturated carbocycles. The first-order valence-corrected chi connectivity index (χ1v) is 6.65. The normalized spacial score (nSPS) is 10.9. The predicted octanol–water partition coefficient (Wildman–Crippen LogP) is 3.15. The smallest absolute Gasteiger partial charge is 0.191 e. The van der Waals surface area contributed by atoms with E-state index < -0.39 is 0 Å². The fourth-order valence-corrected chi connectivity index (χ4v) is 2.06. The van der Waals surface area contributed by atoms with Crippen molar-refractivity contribution in [1.82, 2.24) is 10.6 Å². The molecule has 0 heterocycles. The van der Waals surface area contributed by atoms with Gasteiger partial charge in [0.25, 0.3) is 0 Å². The number of hydrogen-bond acceptors (Lipinski definition) is 2. The molecule has 108 valence electrons. The van der Waals surface area contributed by atoms with Gasteiger partial charge in [0.1, 0.15) is 5.75 Å². The van der Waals surface area contributed by atoms with Gasteiger partial charge < -0.3 is 15.4 Å². The summed E-state index contributed by atoms with van der Waals surface area (Å²) < 4.78 is 6.15. The van der Waals surface area contributed by atoms with Gasteiger partial charge in [-0.2, -0.15) is 0 Å². The standard InChI is InChI=1S/C13H20BrN3O.HI/c1-9(2)17-13(15-3)16-8-10-5-6-12(18-4)11(14)7-10;/h5-7,9H,8H2,1-4H3,(H2,15,16,17);1H. The first kappa shape index (κ1) is 18.5. The average molecular weight is 442 g/mol. The van der Waals surface area contributed by atoms with Crippen molar-refractivity contribution in [2.45, 2.75) is 26.4 Å². The maximum absolute atomic E-state index is 5.20. The molecule has 19 heavy (non-hydrogen) atoms. The van der Waals surface area contributed by atoms with Crippen molar-refractivity contribution >= 4 is 45.9 Å². The number of aliphatic imine (C=N–C) groups is 1. The first-order chi connectivity index (χ1) is 8.56. The molecular formula is C13H21BrIN3O. The van der Waals surface area contributed by atoms with Gasteiger partial charge in [-0.3, -0.25) is 4.99 Å². The van der Waals surface area contributed by atoms with Crippen molar-refractivity contribution in [2.24, 2.45) is 4.99 Å². The van der Waals surface area contributed by atoms with Gasteiger partial charge in [-0.05, 0) is 47.5 Å². The average Bonchev–Trinajstić information content (AvgIpc) is 2.34. The third-order valence-electron chi connectivity index (χ3n) is 2.33. The predicted molar refractivity (Wildman–Crippen MR) is 94.6 cm³/mol. The molecule has 2 N–H and O–H groups in total. The van der Waals surface area contributed by atoms with Crippen LogP contribution >= 0.6 is 39.9 Å². The van der Waals surface area contributed by atoms with E-state index in [2.05, 4.69) is 45.4 Å². The Labute approximate surface area is 140 Å². The lowest BCUT2D eigenvalue weighted by atomic mass is 10.2. The first-order valence-electron chi connectivity index (χ1n) is 5.86. The summed E-state index contributed by atoms with van der Waals surface area (Å²) in [6.07, 6.45) is 0. The Morgan fingerprint density at radius 2 is 2.11 bits per heavy atom. The molecule has 0 atom stereocenters. The number of ether oxygens (including phenoxy) is 1. The third kappa shape index (κ3) is 6.47. The number of nitrogens with one attached hydrogen (secondary N) is 2. The van der Waals surface area contributed by atoms with Crippen molar-refractivity contribution in [2.75, 3.05) is 14.2 Å². The van der Waals surface area contributed by atoms with Crippen molar-refractivity contribution in [1.29, 1.82) is 0 Å². The lowest BCUT2D eigenvalue weighted by Gasteiger charge is -2.14. The van der Waals surface area contributed by atoms with Crippen LogP contribution in [0.1, 0.15) is 19.4 Å². The van der Waals surface area contributed by atoms with Crippen LogP contribution < -0.4 is 15.4 Å². The van der Waals surface area contributed by atoms with Crippen LogP contribution in [0.25, 0.3) is 0 Å². The van der Waals surface area contributed by atoms with Crippen molar-refractivity contribution in [3.8, 4) is 5.75 Å².